The zero-order chi connectivity index (χ0) is 18.4. The van der Waals surface area contributed by atoms with E-state index in [1.165, 1.54) is 0 Å². The van der Waals surface area contributed by atoms with Crippen LogP contribution >= 0.6 is 23.4 Å². The first-order valence-electron chi connectivity index (χ1n) is 7.76. The number of amides is 1. The van der Waals surface area contributed by atoms with Gasteiger partial charge < -0.3 is 14.5 Å². The van der Waals surface area contributed by atoms with Crippen molar-refractivity contribution in [2.45, 2.75) is 11.8 Å². The summed E-state index contributed by atoms with van der Waals surface area (Å²) in [7, 11) is 0. The van der Waals surface area contributed by atoms with Gasteiger partial charge in [0.15, 0.2) is 12.2 Å². The van der Waals surface area contributed by atoms with Gasteiger partial charge in [0.25, 0.3) is 11.1 Å². The SMILES string of the molecule is O=C(COC(=O)CSc1nc2ccccc2o1)NCc1ccccc1Cl. The molecule has 1 aromatic heterocycles. The number of carbonyl (C=O) groups excluding carboxylic acids is 2. The predicted molar refractivity (Wildman–Crippen MR) is 99.0 cm³/mol. The number of fused-ring (bicyclic) bond motifs is 1. The number of carbonyl (C=O) groups is 2. The normalized spacial score (nSPS) is 10.7. The van der Waals surface area contributed by atoms with Crippen LogP contribution in [0, 0.1) is 0 Å². The summed E-state index contributed by atoms with van der Waals surface area (Å²) in [5.74, 6) is -0.916. The number of oxazole rings is 1. The third-order valence-electron chi connectivity index (χ3n) is 3.39. The fraction of sp³-hybridized carbons (Fsp3) is 0.167. The lowest BCUT2D eigenvalue weighted by Crippen LogP contribution is -2.28. The minimum absolute atomic E-state index is 0.00458. The van der Waals surface area contributed by atoms with Crippen LogP contribution in [0.4, 0.5) is 0 Å². The van der Waals surface area contributed by atoms with Gasteiger partial charge in [0, 0.05) is 11.6 Å². The molecule has 0 aliphatic heterocycles. The third kappa shape index (κ3) is 5.00. The van der Waals surface area contributed by atoms with E-state index in [0.717, 1.165) is 22.8 Å². The number of thioether (sulfide) groups is 1. The number of nitrogens with one attached hydrogen (secondary N) is 1. The molecule has 1 N–H and O–H groups in total. The number of hydrogen-bond acceptors (Lipinski definition) is 6. The molecule has 134 valence electrons. The highest BCUT2D eigenvalue weighted by Crippen LogP contribution is 2.23. The van der Waals surface area contributed by atoms with Crippen molar-refractivity contribution in [3.8, 4) is 0 Å². The summed E-state index contributed by atoms with van der Waals surface area (Å²) in [5.41, 5.74) is 2.17. The monoisotopic (exact) mass is 390 g/mol. The Balaban J connectivity index is 1.39. The van der Waals surface area contributed by atoms with Gasteiger partial charge in [0.05, 0.1) is 0 Å². The second-order valence-corrected chi connectivity index (χ2v) is 6.60. The fourth-order valence-corrected chi connectivity index (χ4v) is 2.95. The van der Waals surface area contributed by atoms with Crippen LogP contribution in [0.15, 0.2) is 58.2 Å². The second-order valence-electron chi connectivity index (χ2n) is 5.26. The van der Waals surface area contributed by atoms with Crippen LogP contribution in [-0.4, -0.2) is 29.2 Å². The average Bonchev–Trinajstić information content (AvgIpc) is 3.07. The van der Waals surface area contributed by atoms with Crippen LogP contribution in [0.25, 0.3) is 11.1 Å². The molecule has 1 heterocycles. The molecule has 1 amide bonds. The van der Waals surface area contributed by atoms with Crippen LogP contribution in [0.5, 0.6) is 0 Å². The molecular formula is C18H15ClN2O4S. The molecule has 0 saturated heterocycles. The van der Waals surface area contributed by atoms with Gasteiger partial charge in [-0.2, -0.15) is 0 Å². The van der Waals surface area contributed by atoms with E-state index in [2.05, 4.69) is 10.3 Å². The molecule has 0 unspecified atom stereocenters. The summed E-state index contributed by atoms with van der Waals surface area (Å²) in [5, 5.41) is 3.60. The summed E-state index contributed by atoms with van der Waals surface area (Å²) < 4.78 is 10.4. The van der Waals surface area contributed by atoms with Crippen molar-refractivity contribution in [2.24, 2.45) is 0 Å². The van der Waals surface area contributed by atoms with Crippen molar-refractivity contribution in [1.29, 1.82) is 0 Å². The quantitative estimate of drug-likeness (QED) is 0.491. The Morgan fingerprint density at radius 2 is 1.92 bits per heavy atom. The van der Waals surface area contributed by atoms with Crippen LogP contribution < -0.4 is 5.32 Å². The number of benzene rings is 2. The number of aromatic nitrogens is 1. The van der Waals surface area contributed by atoms with Gasteiger partial charge in [-0.05, 0) is 23.8 Å². The van der Waals surface area contributed by atoms with Crippen LogP contribution in [0.3, 0.4) is 0 Å². The molecule has 6 nitrogen and oxygen atoms in total. The highest BCUT2D eigenvalue weighted by Gasteiger charge is 2.12. The van der Waals surface area contributed by atoms with E-state index >= 15 is 0 Å². The summed E-state index contributed by atoms with van der Waals surface area (Å²) >= 11 is 7.13. The first kappa shape index (κ1) is 18.3. The minimum atomic E-state index is -0.523. The van der Waals surface area contributed by atoms with Crippen LogP contribution in [0.1, 0.15) is 5.56 Å². The second kappa shape index (κ2) is 8.73. The van der Waals surface area contributed by atoms with Gasteiger partial charge in [-0.1, -0.05) is 53.7 Å². The Morgan fingerprint density at radius 3 is 2.73 bits per heavy atom. The number of esters is 1. The molecule has 3 rings (SSSR count). The van der Waals surface area contributed by atoms with Gasteiger partial charge >= 0.3 is 5.97 Å². The van der Waals surface area contributed by atoms with Crippen molar-refractivity contribution < 1.29 is 18.7 Å². The molecule has 0 fully saturated rings. The third-order valence-corrected chi connectivity index (χ3v) is 4.56. The summed E-state index contributed by atoms with van der Waals surface area (Å²) in [6.07, 6.45) is 0. The molecular weight excluding hydrogens is 376 g/mol. The molecule has 0 saturated carbocycles. The predicted octanol–water partition coefficient (Wildman–Crippen LogP) is 3.43. The molecule has 26 heavy (non-hydrogen) atoms. The van der Waals surface area contributed by atoms with Gasteiger partial charge in [-0.15, -0.1) is 0 Å². The molecule has 3 aromatic rings. The Kier molecular flexibility index (Phi) is 6.14. The number of rotatable bonds is 7. The minimum Gasteiger partial charge on any atom is -0.455 e. The molecule has 0 spiro atoms. The topological polar surface area (TPSA) is 81.4 Å². The Labute approximate surface area is 158 Å². The molecule has 0 bridgehead atoms. The maximum absolute atomic E-state index is 11.8. The molecule has 8 heteroatoms. The van der Waals surface area contributed by atoms with Crippen LogP contribution in [0.2, 0.25) is 5.02 Å². The lowest BCUT2D eigenvalue weighted by Gasteiger charge is -2.07. The number of halogens is 1. The average molecular weight is 391 g/mol. The van der Waals surface area contributed by atoms with E-state index in [-0.39, 0.29) is 18.9 Å². The van der Waals surface area contributed by atoms with E-state index in [4.69, 9.17) is 20.8 Å². The molecule has 0 aliphatic rings. The van der Waals surface area contributed by atoms with Gasteiger partial charge in [0.2, 0.25) is 0 Å². The Hall–Kier alpha value is -2.51. The number of nitrogens with zero attached hydrogens (tertiary/aromatic N) is 1. The molecule has 0 aliphatic carbocycles. The standard InChI is InChI=1S/C18H15ClN2O4S/c19-13-6-2-1-5-12(13)9-20-16(22)10-24-17(23)11-26-18-21-14-7-3-4-8-15(14)25-18/h1-8H,9-11H2,(H,20,22). The highest BCUT2D eigenvalue weighted by molar-refractivity contribution is 7.99. The largest absolute Gasteiger partial charge is 0.455 e. The maximum Gasteiger partial charge on any atom is 0.316 e. The zero-order valence-electron chi connectivity index (χ0n) is 13.6. The van der Waals surface area contributed by atoms with Gasteiger partial charge in [-0.3, -0.25) is 9.59 Å². The van der Waals surface area contributed by atoms with E-state index in [1.807, 2.05) is 36.4 Å². The highest BCUT2D eigenvalue weighted by atomic mass is 35.5. The van der Waals surface area contributed by atoms with Gasteiger partial charge in [-0.25, -0.2) is 4.98 Å². The number of para-hydroxylation sites is 2. The lowest BCUT2D eigenvalue weighted by molar-refractivity contribution is -0.145. The molecule has 0 atom stereocenters. The summed E-state index contributed by atoms with van der Waals surface area (Å²) in [6, 6.07) is 14.5. The fourth-order valence-electron chi connectivity index (χ4n) is 2.11. The van der Waals surface area contributed by atoms with Crippen molar-refractivity contribution in [1.82, 2.24) is 10.3 Å². The van der Waals surface area contributed by atoms with Crippen molar-refractivity contribution >= 4 is 46.3 Å². The lowest BCUT2D eigenvalue weighted by atomic mass is 10.2. The first-order chi connectivity index (χ1) is 12.6. The molecule has 0 radical (unpaired) electrons. The zero-order valence-corrected chi connectivity index (χ0v) is 15.2. The van der Waals surface area contributed by atoms with Crippen molar-refractivity contribution in [3.05, 3.63) is 59.1 Å². The maximum atomic E-state index is 11.8. The van der Waals surface area contributed by atoms with E-state index in [0.29, 0.717) is 15.8 Å². The van der Waals surface area contributed by atoms with Gasteiger partial charge in [0.1, 0.15) is 11.3 Å². The van der Waals surface area contributed by atoms with E-state index in [9.17, 15) is 9.59 Å². The summed E-state index contributed by atoms with van der Waals surface area (Å²) in [6.45, 7) is -0.0783. The summed E-state index contributed by atoms with van der Waals surface area (Å²) in [4.78, 5) is 27.8. The van der Waals surface area contributed by atoms with E-state index in [1.54, 1.807) is 12.1 Å². The number of hydrogen-bond donors (Lipinski definition) is 1. The van der Waals surface area contributed by atoms with Crippen molar-refractivity contribution in [3.63, 3.8) is 0 Å². The van der Waals surface area contributed by atoms with Crippen molar-refractivity contribution in [2.75, 3.05) is 12.4 Å². The molecule has 2 aromatic carbocycles. The smallest absolute Gasteiger partial charge is 0.316 e. The number of ether oxygens (including phenoxy) is 1. The Bertz CT molecular complexity index is 895. The van der Waals surface area contributed by atoms with Crippen LogP contribution in [-0.2, 0) is 20.9 Å². The Morgan fingerprint density at radius 1 is 1.15 bits per heavy atom. The first-order valence-corrected chi connectivity index (χ1v) is 9.12. The van der Waals surface area contributed by atoms with E-state index < -0.39 is 11.9 Å².